The van der Waals surface area contributed by atoms with Crippen molar-refractivity contribution in [2.24, 2.45) is 0 Å². The molecule has 0 spiro atoms. The lowest BCUT2D eigenvalue weighted by atomic mass is 9.87. The Hall–Kier alpha value is -5.32. The van der Waals surface area contributed by atoms with Gasteiger partial charge in [-0.25, -0.2) is 27.5 Å². The molecule has 3 aromatic heterocycles. The second-order valence-electron chi connectivity index (χ2n) is 11.4. The number of rotatable bonds is 6. The molecule has 3 aromatic carbocycles. The van der Waals surface area contributed by atoms with Gasteiger partial charge in [0, 0.05) is 23.0 Å². The highest BCUT2D eigenvalue weighted by Gasteiger charge is 2.27. The molecule has 0 aliphatic heterocycles. The van der Waals surface area contributed by atoms with E-state index in [1.807, 2.05) is 38.1 Å². The van der Waals surface area contributed by atoms with Crippen LogP contribution in [0.15, 0.2) is 73.1 Å². The predicted molar refractivity (Wildman–Crippen MR) is 163 cm³/mol. The number of aromatic nitrogens is 6. The molecule has 3 heterocycles. The average Bonchev–Trinajstić information content (AvgIpc) is 3.66. The van der Waals surface area contributed by atoms with Crippen LogP contribution in [-0.4, -0.2) is 35.7 Å². The van der Waals surface area contributed by atoms with Crippen LogP contribution in [0.25, 0.3) is 22.3 Å². The van der Waals surface area contributed by atoms with E-state index in [2.05, 4.69) is 25.7 Å². The molecule has 6 aromatic rings. The fraction of sp³-hybridized carbons (Fsp3) is 0.206. The zero-order valence-electron chi connectivity index (χ0n) is 24.6. The molecule has 11 heteroatoms. The van der Waals surface area contributed by atoms with E-state index in [1.165, 1.54) is 28.9 Å². The highest BCUT2D eigenvalue weighted by atomic mass is 19.1. The fourth-order valence-corrected chi connectivity index (χ4v) is 5.98. The minimum Gasteiger partial charge on any atom is -0.322 e. The quantitative estimate of drug-likeness (QED) is 0.221. The van der Waals surface area contributed by atoms with Crippen LogP contribution in [-0.2, 0) is 13.0 Å². The molecule has 45 heavy (non-hydrogen) atoms. The van der Waals surface area contributed by atoms with E-state index in [4.69, 9.17) is 0 Å². The van der Waals surface area contributed by atoms with E-state index in [1.54, 1.807) is 23.1 Å². The van der Waals surface area contributed by atoms with Gasteiger partial charge in [0.25, 0.3) is 5.91 Å². The van der Waals surface area contributed by atoms with Crippen LogP contribution >= 0.6 is 0 Å². The monoisotopic (exact) mass is 607 g/mol. The molecule has 7 rings (SSSR count). The summed E-state index contributed by atoms with van der Waals surface area (Å²) in [5, 5.41) is 16.3. The maximum atomic E-state index is 15.1. The molecule has 0 unspecified atom stereocenters. The standard InChI is InChI=1S/C34H28F3N7O/c1-19-6-8-21(9-7-19)17-44-33-28(16-38-44)26(12-20(2)39-33)34(45)40-23-10-11-29(36)27(15-23)31-18-43(42-41-31)32-5-3-4-24-25(32)13-22(35)14-30(24)37/h6-16,18,32H,3-5,17H2,1-2H3,(H,40,45)/t32-/m1/s1. The first kappa shape index (κ1) is 28.5. The van der Waals surface area contributed by atoms with Crippen LogP contribution in [0, 0.1) is 31.3 Å². The molecule has 0 bridgehead atoms. The van der Waals surface area contributed by atoms with Crippen molar-refractivity contribution in [3.63, 3.8) is 0 Å². The molecule has 1 atom stereocenters. The zero-order chi connectivity index (χ0) is 31.2. The summed E-state index contributed by atoms with van der Waals surface area (Å²) in [6.45, 7) is 4.34. The molecule has 8 nitrogen and oxygen atoms in total. The van der Waals surface area contributed by atoms with Crippen LogP contribution in [0.4, 0.5) is 18.9 Å². The number of hydrogen-bond donors (Lipinski definition) is 1. The molecule has 226 valence electrons. The third-order valence-electron chi connectivity index (χ3n) is 8.22. The summed E-state index contributed by atoms with van der Waals surface area (Å²) in [5.74, 6) is -2.19. The lowest BCUT2D eigenvalue weighted by Crippen LogP contribution is -2.19. The van der Waals surface area contributed by atoms with Gasteiger partial charge in [-0.2, -0.15) is 5.10 Å². The van der Waals surface area contributed by atoms with Crippen molar-refractivity contribution < 1.29 is 18.0 Å². The van der Waals surface area contributed by atoms with E-state index >= 15 is 4.39 Å². The Morgan fingerprint density at radius 3 is 2.64 bits per heavy atom. The Morgan fingerprint density at radius 1 is 1.00 bits per heavy atom. The lowest BCUT2D eigenvalue weighted by Gasteiger charge is -2.25. The van der Waals surface area contributed by atoms with E-state index in [9.17, 15) is 13.6 Å². The number of anilines is 1. The van der Waals surface area contributed by atoms with E-state index in [-0.39, 0.29) is 11.3 Å². The number of halogens is 3. The molecular weight excluding hydrogens is 579 g/mol. The second-order valence-corrected chi connectivity index (χ2v) is 11.4. The van der Waals surface area contributed by atoms with Gasteiger partial charge in [0.15, 0.2) is 5.65 Å². The molecular formula is C34H28F3N7O. The highest BCUT2D eigenvalue weighted by molar-refractivity contribution is 6.12. The van der Waals surface area contributed by atoms with Gasteiger partial charge >= 0.3 is 0 Å². The molecule has 1 N–H and O–H groups in total. The van der Waals surface area contributed by atoms with Crippen molar-refractivity contribution in [2.45, 2.75) is 45.7 Å². The van der Waals surface area contributed by atoms with Gasteiger partial charge in [0.1, 0.15) is 23.1 Å². The topological polar surface area (TPSA) is 90.5 Å². The summed E-state index contributed by atoms with van der Waals surface area (Å²) in [5.41, 5.74) is 5.53. The number of fused-ring (bicyclic) bond motifs is 2. The summed E-state index contributed by atoms with van der Waals surface area (Å²) >= 11 is 0. The maximum absolute atomic E-state index is 15.1. The predicted octanol–water partition coefficient (Wildman–Crippen LogP) is 6.95. The number of carbonyl (C=O) groups excluding carboxylic acids is 1. The Labute approximate surface area is 256 Å². The van der Waals surface area contributed by atoms with E-state index in [0.717, 1.165) is 17.2 Å². The van der Waals surface area contributed by atoms with Crippen molar-refractivity contribution in [3.05, 3.63) is 124 Å². The third-order valence-corrected chi connectivity index (χ3v) is 8.22. The van der Waals surface area contributed by atoms with Crippen molar-refractivity contribution >= 4 is 22.6 Å². The molecule has 0 saturated heterocycles. The number of amides is 1. The number of carbonyl (C=O) groups is 1. The van der Waals surface area contributed by atoms with Gasteiger partial charge in [-0.15, -0.1) is 5.10 Å². The van der Waals surface area contributed by atoms with Crippen molar-refractivity contribution in [1.82, 2.24) is 29.8 Å². The first-order chi connectivity index (χ1) is 21.7. The minimum atomic E-state index is -0.659. The fourth-order valence-electron chi connectivity index (χ4n) is 5.98. The summed E-state index contributed by atoms with van der Waals surface area (Å²) < 4.78 is 46.9. The van der Waals surface area contributed by atoms with Crippen molar-refractivity contribution in [1.29, 1.82) is 0 Å². The second kappa shape index (κ2) is 11.3. The zero-order valence-corrected chi connectivity index (χ0v) is 24.6. The Balaban J connectivity index is 1.15. The number of pyridine rings is 1. The third kappa shape index (κ3) is 5.45. The molecule has 1 aliphatic rings. The Bertz CT molecular complexity index is 2080. The Kier molecular flexibility index (Phi) is 7.15. The summed E-state index contributed by atoms with van der Waals surface area (Å²) in [6, 6.07) is 15.8. The summed E-state index contributed by atoms with van der Waals surface area (Å²) in [4.78, 5) is 18.2. The van der Waals surface area contributed by atoms with Gasteiger partial charge < -0.3 is 5.32 Å². The van der Waals surface area contributed by atoms with Crippen LogP contribution in [0.1, 0.15) is 57.2 Å². The van der Waals surface area contributed by atoms with Gasteiger partial charge in [0.05, 0.1) is 35.9 Å². The molecule has 1 aliphatic carbocycles. The number of benzene rings is 3. The first-order valence-electron chi connectivity index (χ1n) is 14.6. The lowest BCUT2D eigenvalue weighted by molar-refractivity contribution is 0.102. The first-order valence-corrected chi connectivity index (χ1v) is 14.6. The minimum absolute atomic E-state index is 0.127. The molecule has 0 radical (unpaired) electrons. The van der Waals surface area contributed by atoms with Crippen molar-refractivity contribution in [2.75, 3.05) is 5.32 Å². The molecule has 0 saturated carbocycles. The van der Waals surface area contributed by atoms with Crippen LogP contribution < -0.4 is 5.32 Å². The largest absolute Gasteiger partial charge is 0.322 e. The normalized spacial score (nSPS) is 14.5. The van der Waals surface area contributed by atoms with Gasteiger partial charge in [-0.05, 0) is 80.1 Å². The maximum Gasteiger partial charge on any atom is 0.256 e. The van der Waals surface area contributed by atoms with Gasteiger partial charge in [-0.1, -0.05) is 35.0 Å². The smallest absolute Gasteiger partial charge is 0.256 e. The van der Waals surface area contributed by atoms with Gasteiger partial charge in [0.2, 0.25) is 0 Å². The van der Waals surface area contributed by atoms with Crippen molar-refractivity contribution in [3.8, 4) is 11.3 Å². The van der Waals surface area contributed by atoms with Crippen LogP contribution in [0.2, 0.25) is 0 Å². The number of aryl methyl sites for hydroxylation is 2. The van der Waals surface area contributed by atoms with E-state index in [0.29, 0.717) is 64.9 Å². The molecule has 1 amide bonds. The number of hydrogen-bond acceptors (Lipinski definition) is 5. The average molecular weight is 608 g/mol. The summed E-state index contributed by atoms with van der Waals surface area (Å²) in [7, 11) is 0. The van der Waals surface area contributed by atoms with Crippen LogP contribution in [0.5, 0.6) is 0 Å². The highest BCUT2D eigenvalue weighted by Crippen LogP contribution is 2.35. The van der Waals surface area contributed by atoms with Gasteiger partial charge in [-0.3, -0.25) is 4.79 Å². The Morgan fingerprint density at radius 2 is 1.82 bits per heavy atom. The van der Waals surface area contributed by atoms with E-state index < -0.39 is 29.4 Å². The number of nitrogens with one attached hydrogen (secondary N) is 1. The van der Waals surface area contributed by atoms with Crippen LogP contribution in [0.3, 0.4) is 0 Å². The number of nitrogens with zero attached hydrogens (tertiary/aromatic N) is 6. The molecule has 0 fully saturated rings. The summed E-state index contributed by atoms with van der Waals surface area (Å²) in [6.07, 6.45) is 4.99. The SMILES string of the molecule is Cc1ccc(Cn2ncc3c(C(=O)Nc4ccc(F)c(-c5cn([C@@H]6CCCc7c(F)cc(F)cc76)nn5)c4)cc(C)nc32)cc1.